The maximum absolute atomic E-state index is 12.9. The first-order valence-electron chi connectivity index (χ1n) is 8.63. The molecule has 142 valence electrons. The Morgan fingerprint density at radius 2 is 2.11 bits per heavy atom. The second-order valence-electron chi connectivity index (χ2n) is 6.58. The zero-order chi connectivity index (χ0) is 19.0. The number of rotatable bonds is 5. The van der Waals surface area contributed by atoms with E-state index in [1.807, 2.05) is 24.3 Å². The smallest absolute Gasteiger partial charge is 0.262 e. The van der Waals surface area contributed by atoms with Crippen molar-refractivity contribution in [2.75, 3.05) is 6.54 Å². The van der Waals surface area contributed by atoms with Crippen LogP contribution in [0.15, 0.2) is 52.4 Å². The molecule has 1 atom stereocenters. The maximum atomic E-state index is 12.9. The number of aromatic nitrogens is 3. The van der Waals surface area contributed by atoms with Crippen LogP contribution in [-0.2, 0) is 23.5 Å². The molecule has 1 fully saturated rings. The summed E-state index contributed by atoms with van der Waals surface area (Å²) in [5.74, 6) is 1.06. The number of sulfonamides is 1. The van der Waals surface area contributed by atoms with Crippen LogP contribution in [0.3, 0.4) is 0 Å². The predicted octanol–water partition coefficient (Wildman–Crippen LogP) is 3.18. The van der Waals surface area contributed by atoms with E-state index >= 15 is 0 Å². The molecule has 7 nitrogen and oxygen atoms in total. The quantitative estimate of drug-likeness (QED) is 0.650. The van der Waals surface area contributed by atoms with E-state index in [2.05, 4.69) is 9.97 Å². The number of halogens is 1. The normalized spacial score (nSPS) is 18.2. The van der Waals surface area contributed by atoms with E-state index in [4.69, 9.17) is 16.0 Å². The summed E-state index contributed by atoms with van der Waals surface area (Å²) in [5, 5.41) is 0.704. The molecular formula is C18H19ClN4O3S. The number of aryl methyl sites for hydroxylation is 1. The Hall–Kier alpha value is -2.16. The van der Waals surface area contributed by atoms with E-state index in [0.717, 1.165) is 12.0 Å². The van der Waals surface area contributed by atoms with Crippen LogP contribution >= 0.6 is 11.6 Å². The van der Waals surface area contributed by atoms with Gasteiger partial charge in [0.05, 0.1) is 12.5 Å². The summed E-state index contributed by atoms with van der Waals surface area (Å²) < 4.78 is 34.8. The van der Waals surface area contributed by atoms with Gasteiger partial charge in [0.2, 0.25) is 5.89 Å². The van der Waals surface area contributed by atoms with Gasteiger partial charge in [0, 0.05) is 31.2 Å². The Bertz CT molecular complexity index is 1060. The maximum Gasteiger partial charge on any atom is 0.262 e. The van der Waals surface area contributed by atoms with Crippen molar-refractivity contribution in [2.45, 2.75) is 30.3 Å². The highest BCUT2D eigenvalue weighted by molar-refractivity contribution is 7.89. The van der Waals surface area contributed by atoms with Crippen LogP contribution in [-0.4, -0.2) is 33.8 Å². The number of benzene rings is 1. The van der Waals surface area contributed by atoms with Crippen LogP contribution in [0.4, 0.5) is 0 Å². The fraction of sp³-hybridized carbons (Fsp3) is 0.333. The minimum Gasteiger partial charge on any atom is -0.444 e. The molecule has 1 aliphatic heterocycles. The summed E-state index contributed by atoms with van der Waals surface area (Å²) in [4.78, 5) is 8.34. The number of nitrogens with zero attached hydrogens (tertiary/aromatic N) is 4. The van der Waals surface area contributed by atoms with Gasteiger partial charge in [-0.25, -0.2) is 18.4 Å². The van der Waals surface area contributed by atoms with Crippen LogP contribution in [0, 0.1) is 0 Å². The summed E-state index contributed by atoms with van der Waals surface area (Å²) in [6.07, 6.45) is 6.54. The number of hydrogen-bond acceptors (Lipinski definition) is 5. The number of oxazole rings is 1. The molecule has 0 radical (unpaired) electrons. The molecule has 1 saturated heterocycles. The molecule has 0 amide bonds. The molecule has 9 heteroatoms. The van der Waals surface area contributed by atoms with E-state index in [1.165, 1.54) is 16.8 Å². The van der Waals surface area contributed by atoms with Gasteiger partial charge < -0.3 is 8.98 Å². The molecule has 27 heavy (non-hydrogen) atoms. The summed E-state index contributed by atoms with van der Waals surface area (Å²) in [5.41, 5.74) is 0.936. The van der Waals surface area contributed by atoms with Gasteiger partial charge in [-0.3, -0.25) is 0 Å². The van der Waals surface area contributed by atoms with E-state index in [1.54, 1.807) is 17.8 Å². The largest absolute Gasteiger partial charge is 0.444 e. The van der Waals surface area contributed by atoms with Gasteiger partial charge in [-0.05, 0) is 24.5 Å². The average Bonchev–Trinajstić information content (AvgIpc) is 3.36. The fourth-order valence-electron chi connectivity index (χ4n) is 3.30. The van der Waals surface area contributed by atoms with E-state index in [-0.39, 0.29) is 5.03 Å². The Morgan fingerprint density at radius 1 is 1.30 bits per heavy atom. The first kappa shape index (κ1) is 18.2. The van der Waals surface area contributed by atoms with Crippen molar-refractivity contribution < 1.29 is 12.8 Å². The summed E-state index contributed by atoms with van der Waals surface area (Å²) >= 11 is 6.20. The first-order chi connectivity index (χ1) is 12.9. The highest BCUT2D eigenvalue weighted by Gasteiger charge is 2.39. The second kappa shape index (κ2) is 7.10. The van der Waals surface area contributed by atoms with Crippen molar-refractivity contribution in [3.05, 3.63) is 65.2 Å². The van der Waals surface area contributed by atoms with Crippen LogP contribution in [0.1, 0.15) is 36.1 Å². The lowest BCUT2D eigenvalue weighted by molar-refractivity contribution is 0.321. The lowest BCUT2D eigenvalue weighted by atomic mass is 10.1. The van der Waals surface area contributed by atoms with Crippen molar-refractivity contribution in [3.63, 3.8) is 0 Å². The van der Waals surface area contributed by atoms with Crippen LogP contribution in [0.5, 0.6) is 0 Å². The molecule has 2 aromatic heterocycles. The minimum atomic E-state index is -3.69. The summed E-state index contributed by atoms with van der Waals surface area (Å²) in [6.45, 7) is 0.422. The van der Waals surface area contributed by atoms with Gasteiger partial charge in [0.1, 0.15) is 11.8 Å². The van der Waals surface area contributed by atoms with Gasteiger partial charge in [0.15, 0.2) is 5.03 Å². The Kier molecular flexibility index (Phi) is 4.79. The van der Waals surface area contributed by atoms with E-state index in [0.29, 0.717) is 36.1 Å². The molecule has 0 bridgehead atoms. The van der Waals surface area contributed by atoms with Crippen LogP contribution in [0.25, 0.3) is 0 Å². The minimum absolute atomic E-state index is 0.0414. The van der Waals surface area contributed by atoms with E-state index in [9.17, 15) is 8.42 Å². The standard InChI is InChI=1S/C18H19ClN4O3S/c1-22-11-17(21-12-22)27(24,25)23-8-4-7-16(23)18-20-10-14(26-18)9-13-5-2-3-6-15(13)19/h2-3,5-6,10-12,16H,4,7-9H2,1H3. The van der Waals surface area contributed by atoms with Gasteiger partial charge in [-0.2, -0.15) is 4.31 Å². The number of imidazole rings is 1. The van der Waals surface area contributed by atoms with Crippen molar-refractivity contribution in [3.8, 4) is 0 Å². The molecule has 1 aromatic carbocycles. The molecule has 0 saturated carbocycles. The average molecular weight is 407 g/mol. The zero-order valence-electron chi connectivity index (χ0n) is 14.7. The Morgan fingerprint density at radius 3 is 2.85 bits per heavy atom. The third-order valence-electron chi connectivity index (χ3n) is 4.64. The Labute approximate surface area is 162 Å². The lowest BCUT2D eigenvalue weighted by Gasteiger charge is -2.20. The zero-order valence-corrected chi connectivity index (χ0v) is 16.3. The molecule has 0 spiro atoms. The Balaban J connectivity index is 1.58. The molecular weight excluding hydrogens is 388 g/mol. The monoisotopic (exact) mass is 406 g/mol. The highest BCUT2D eigenvalue weighted by Crippen LogP contribution is 2.36. The summed E-state index contributed by atoms with van der Waals surface area (Å²) in [6, 6.07) is 7.12. The molecule has 3 heterocycles. The molecule has 3 aromatic rings. The van der Waals surface area contributed by atoms with Crippen LogP contribution in [0.2, 0.25) is 5.02 Å². The van der Waals surface area contributed by atoms with Crippen molar-refractivity contribution in [1.82, 2.24) is 18.8 Å². The molecule has 0 aliphatic carbocycles. The predicted molar refractivity (Wildman–Crippen MR) is 99.8 cm³/mol. The van der Waals surface area contributed by atoms with Crippen molar-refractivity contribution >= 4 is 21.6 Å². The van der Waals surface area contributed by atoms with Gasteiger partial charge >= 0.3 is 0 Å². The fourth-order valence-corrected chi connectivity index (χ4v) is 5.13. The summed E-state index contributed by atoms with van der Waals surface area (Å²) in [7, 11) is -1.95. The topological polar surface area (TPSA) is 81.2 Å². The van der Waals surface area contributed by atoms with Gasteiger partial charge in [-0.1, -0.05) is 29.8 Å². The van der Waals surface area contributed by atoms with Gasteiger partial charge in [0.25, 0.3) is 10.0 Å². The SMILES string of the molecule is Cn1cnc(S(=O)(=O)N2CCCC2c2ncc(Cc3ccccc3Cl)o2)c1. The molecule has 1 aliphatic rings. The first-order valence-corrected chi connectivity index (χ1v) is 10.4. The van der Waals surface area contributed by atoms with Crippen LogP contribution < -0.4 is 0 Å². The van der Waals surface area contributed by atoms with Crippen molar-refractivity contribution in [1.29, 1.82) is 0 Å². The lowest BCUT2D eigenvalue weighted by Crippen LogP contribution is -2.31. The number of hydrogen-bond donors (Lipinski definition) is 0. The third-order valence-corrected chi connectivity index (χ3v) is 6.80. The highest BCUT2D eigenvalue weighted by atomic mass is 35.5. The van der Waals surface area contributed by atoms with Crippen molar-refractivity contribution in [2.24, 2.45) is 7.05 Å². The molecule has 1 unspecified atom stereocenters. The molecule has 0 N–H and O–H groups in total. The van der Waals surface area contributed by atoms with E-state index < -0.39 is 16.1 Å². The van der Waals surface area contributed by atoms with Gasteiger partial charge in [-0.15, -0.1) is 0 Å². The third kappa shape index (κ3) is 3.52. The molecule has 4 rings (SSSR count). The second-order valence-corrected chi connectivity index (χ2v) is 8.83.